The molecule has 6 N–H and O–H groups in total. The van der Waals surface area contributed by atoms with E-state index in [-0.39, 0.29) is 11.4 Å². The first-order chi connectivity index (χ1) is 10.9. The summed E-state index contributed by atoms with van der Waals surface area (Å²) < 4.78 is 6.63. The van der Waals surface area contributed by atoms with Crippen LogP contribution in [0.1, 0.15) is 35.8 Å². The molecule has 1 fully saturated rings. The van der Waals surface area contributed by atoms with E-state index in [1.54, 1.807) is 6.92 Å². The number of hydrogen-bond acceptors (Lipinski definition) is 7. The van der Waals surface area contributed by atoms with E-state index in [1.807, 2.05) is 0 Å². The average molecular weight is 325 g/mol. The normalized spacial score (nSPS) is 28.2. The molecule has 1 aliphatic rings. The highest BCUT2D eigenvalue weighted by Gasteiger charge is 2.44. The number of aromatic nitrogens is 2. The molecule has 9 nitrogen and oxygen atoms in total. The van der Waals surface area contributed by atoms with Gasteiger partial charge in [0.1, 0.15) is 30.1 Å². The van der Waals surface area contributed by atoms with Crippen LogP contribution < -0.4 is 5.73 Å². The van der Waals surface area contributed by atoms with E-state index in [0.717, 1.165) is 0 Å². The van der Waals surface area contributed by atoms with Gasteiger partial charge in [0.15, 0.2) is 11.9 Å². The number of carbonyl (C=O) groups excluding carboxylic acids is 1. The fourth-order valence-corrected chi connectivity index (χ4v) is 2.22. The Morgan fingerprint density at radius 3 is 2.74 bits per heavy atom. The summed E-state index contributed by atoms with van der Waals surface area (Å²) >= 11 is 0. The van der Waals surface area contributed by atoms with Crippen LogP contribution >= 0.6 is 0 Å². The van der Waals surface area contributed by atoms with Crippen molar-refractivity contribution in [1.82, 2.24) is 9.55 Å². The van der Waals surface area contributed by atoms with Crippen LogP contribution in [0.3, 0.4) is 0 Å². The van der Waals surface area contributed by atoms with Crippen molar-refractivity contribution in [3.8, 4) is 11.8 Å². The van der Waals surface area contributed by atoms with Crippen molar-refractivity contribution in [3.05, 3.63) is 17.7 Å². The Balaban J connectivity index is 2.43. The van der Waals surface area contributed by atoms with Crippen molar-refractivity contribution >= 4 is 5.91 Å². The molecule has 1 aromatic rings. The van der Waals surface area contributed by atoms with Crippen LogP contribution in [0.25, 0.3) is 0 Å². The van der Waals surface area contributed by atoms with Crippen LogP contribution in [0.15, 0.2) is 6.33 Å². The summed E-state index contributed by atoms with van der Waals surface area (Å²) in [5, 5.41) is 38.6. The highest BCUT2D eigenvalue weighted by atomic mass is 16.6. The van der Waals surface area contributed by atoms with Crippen LogP contribution in [-0.4, -0.2) is 66.9 Å². The van der Waals surface area contributed by atoms with Crippen molar-refractivity contribution in [1.29, 1.82) is 0 Å². The van der Waals surface area contributed by atoms with Crippen LogP contribution in [0.5, 0.6) is 0 Å². The molecule has 2 rings (SSSR count). The van der Waals surface area contributed by atoms with E-state index in [1.165, 1.54) is 10.9 Å². The molecule has 9 heteroatoms. The molecule has 5 atom stereocenters. The van der Waals surface area contributed by atoms with E-state index in [0.29, 0.717) is 6.42 Å². The van der Waals surface area contributed by atoms with Gasteiger partial charge in [-0.25, -0.2) is 4.98 Å². The number of carbonyl (C=O) groups is 1. The second kappa shape index (κ2) is 7.08. The maximum Gasteiger partial charge on any atom is 0.270 e. The van der Waals surface area contributed by atoms with Crippen LogP contribution in [0.2, 0.25) is 0 Å². The molecule has 1 aromatic heterocycles. The number of hydrogen-bond donors (Lipinski definition) is 5. The molecule has 0 bridgehead atoms. The zero-order valence-electron chi connectivity index (χ0n) is 12.5. The second-order valence-corrected chi connectivity index (χ2v) is 5.14. The SMILES string of the molecule is CCC(O)C#Cc1c(C(N)=O)ncn1[C@@H]1O[C@H](CO)[C@@H](O)[C@H]1O. The van der Waals surface area contributed by atoms with E-state index in [4.69, 9.17) is 15.6 Å². The number of nitrogens with zero attached hydrogens (tertiary/aromatic N) is 2. The Morgan fingerprint density at radius 1 is 1.52 bits per heavy atom. The van der Waals surface area contributed by atoms with Crippen LogP contribution in [-0.2, 0) is 4.74 Å². The molecule has 0 aromatic carbocycles. The number of imidazole rings is 1. The van der Waals surface area contributed by atoms with Gasteiger partial charge < -0.3 is 30.9 Å². The monoisotopic (exact) mass is 325 g/mol. The van der Waals surface area contributed by atoms with Crippen molar-refractivity contribution < 1.29 is 30.0 Å². The Hall–Kier alpha value is -1.96. The number of primary amides is 1. The van der Waals surface area contributed by atoms with Crippen LogP contribution in [0.4, 0.5) is 0 Å². The van der Waals surface area contributed by atoms with Gasteiger partial charge in [-0.05, 0) is 12.3 Å². The fourth-order valence-electron chi connectivity index (χ4n) is 2.22. The third-order valence-corrected chi connectivity index (χ3v) is 3.56. The lowest BCUT2D eigenvalue weighted by Gasteiger charge is -2.17. The summed E-state index contributed by atoms with van der Waals surface area (Å²) in [4.78, 5) is 15.3. The van der Waals surface area contributed by atoms with Gasteiger partial charge in [-0.1, -0.05) is 12.8 Å². The highest BCUT2D eigenvalue weighted by Crippen LogP contribution is 2.30. The third kappa shape index (κ3) is 3.36. The van der Waals surface area contributed by atoms with E-state index in [2.05, 4.69) is 16.8 Å². The molecule has 23 heavy (non-hydrogen) atoms. The van der Waals surface area contributed by atoms with Crippen LogP contribution in [0, 0.1) is 11.8 Å². The Bertz CT molecular complexity index is 634. The van der Waals surface area contributed by atoms with Gasteiger partial charge >= 0.3 is 0 Å². The van der Waals surface area contributed by atoms with E-state index in [9.17, 15) is 20.1 Å². The lowest BCUT2D eigenvalue weighted by Crippen LogP contribution is -2.33. The minimum Gasteiger partial charge on any atom is -0.394 e. The largest absolute Gasteiger partial charge is 0.394 e. The molecule has 1 amide bonds. The van der Waals surface area contributed by atoms with Crippen molar-refractivity contribution in [3.63, 3.8) is 0 Å². The number of amides is 1. The minimum atomic E-state index is -1.35. The van der Waals surface area contributed by atoms with Crippen molar-refractivity contribution in [2.75, 3.05) is 6.61 Å². The zero-order valence-corrected chi connectivity index (χ0v) is 12.5. The number of aliphatic hydroxyl groups is 4. The predicted octanol–water partition coefficient (Wildman–Crippen LogP) is -2.28. The smallest absolute Gasteiger partial charge is 0.270 e. The van der Waals surface area contributed by atoms with Gasteiger partial charge in [-0.2, -0.15) is 0 Å². The fraction of sp³-hybridized carbons (Fsp3) is 0.571. The van der Waals surface area contributed by atoms with Crippen molar-refractivity contribution in [2.45, 2.75) is 44.0 Å². The molecule has 2 heterocycles. The molecule has 0 spiro atoms. The van der Waals surface area contributed by atoms with Gasteiger partial charge in [0.25, 0.3) is 5.91 Å². The lowest BCUT2D eigenvalue weighted by molar-refractivity contribution is -0.0531. The van der Waals surface area contributed by atoms with Gasteiger partial charge in [0, 0.05) is 0 Å². The van der Waals surface area contributed by atoms with Crippen molar-refractivity contribution in [2.24, 2.45) is 5.73 Å². The zero-order chi connectivity index (χ0) is 17.1. The lowest BCUT2D eigenvalue weighted by atomic mass is 10.1. The standard InChI is InChI=1S/C14H19N3O6/c1-2-7(19)3-4-8-10(13(15)22)16-6-17(8)14-12(21)11(20)9(5-18)23-14/h6-7,9,11-12,14,18-21H,2,5H2,1H3,(H2,15,22)/t7?,9-,11-,12-,14-/m1/s1. The molecular formula is C14H19N3O6. The molecule has 126 valence electrons. The summed E-state index contributed by atoms with van der Waals surface area (Å²) in [6, 6.07) is 0. The molecular weight excluding hydrogens is 306 g/mol. The number of ether oxygens (including phenoxy) is 1. The summed E-state index contributed by atoms with van der Waals surface area (Å²) in [5.74, 6) is 4.31. The number of rotatable bonds is 4. The molecule has 1 saturated heterocycles. The first-order valence-corrected chi connectivity index (χ1v) is 7.09. The Morgan fingerprint density at radius 2 is 2.22 bits per heavy atom. The van der Waals surface area contributed by atoms with E-state index >= 15 is 0 Å². The maximum atomic E-state index is 11.5. The summed E-state index contributed by atoms with van der Waals surface area (Å²) in [7, 11) is 0. The van der Waals surface area contributed by atoms with Gasteiger partial charge in [0.2, 0.25) is 0 Å². The summed E-state index contributed by atoms with van der Waals surface area (Å²) in [5.41, 5.74) is 5.16. The first kappa shape index (κ1) is 17.4. The molecule has 1 aliphatic heterocycles. The van der Waals surface area contributed by atoms with E-state index < -0.39 is 43.2 Å². The Labute approximate surface area is 132 Å². The first-order valence-electron chi connectivity index (χ1n) is 7.09. The maximum absolute atomic E-state index is 11.5. The third-order valence-electron chi connectivity index (χ3n) is 3.56. The quantitative estimate of drug-likeness (QED) is 0.391. The van der Waals surface area contributed by atoms with Gasteiger partial charge in [-0.3, -0.25) is 9.36 Å². The number of aliphatic hydroxyl groups excluding tert-OH is 4. The second-order valence-electron chi connectivity index (χ2n) is 5.14. The van der Waals surface area contributed by atoms with Gasteiger partial charge in [-0.15, -0.1) is 0 Å². The average Bonchev–Trinajstić information content (AvgIpc) is 3.07. The predicted molar refractivity (Wildman–Crippen MR) is 76.9 cm³/mol. The highest BCUT2D eigenvalue weighted by molar-refractivity contribution is 5.93. The summed E-state index contributed by atoms with van der Waals surface area (Å²) in [6.07, 6.45) is -4.03. The van der Waals surface area contributed by atoms with Gasteiger partial charge in [0.05, 0.1) is 12.9 Å². The molecule has 0 aliphatic carbocycles. The number of nitrogens with two attached hydrogens (primary N) is 1. The Kier molecular flexibility index (Phi) is 5.35. The molecule has 0 radical (unpaired) electrons. The minimum absolute atomic E-state index is 0.0554. The molecule has 1 unspecified atom stereocenters. The molecule has 0 saturated carbocycles. The summed E-state index contributed by atoms with van der Waals surface area (Å²) in [6.45, 7) is 1.25. The topological polar surface area (TPSA) is 151 Å².